The summed E-state index contributed by atoms with van der Waals surface area (Å²) in [4.78, 5) is 38.7. The second-order valence-corrected chi connectivity index (χ2v) is 5.95. The van der Waals surface area contributed by atoms with E-state index >= 15 is 0 Å². The fraction of sp³-hybridized carbons (Fsp3) is 0.190. The van der Waals surface area contributed by atoms with Crippen molar-refractivity contribution in [1.82, 2.24) is 0 Å². The number of hydrogen-bond donors (Lipinski definition) is 0. The quantitative estimate of drug-likeness (QED) is 0.512. The van der Waals surface area contributed by atoms with E-state index in [4.69, 9.17) is 9.15 Å². The van der Waals surface area contributed by atoms with E-state index in [-0.39, 0.29) is 11.5 Å². The first kappa shape index (κ1) is 18.4. The lowest BCUT2D eigenvalue weighted by atomic mass is 10.2. The van der Waals surface area contributed by atoms with Crippen molar-refractivity contribution in [2.45, 2.75) is 20.0 Å². The fourth-order valence-corrected chi connectivity index (χ4v) is 2.77. The topological polar surface area (TPSA) is 76.8 Å². The Balaban J connectivity index is 1.80. The molecule has 0 radical (unpaired) electrons. The largest absolute Gasteiger partial charge is 0.449 e. The van der Waals surface area contributed by atoms with Crippen molar-refractivity contribution in [1.29, 1.82) is 0 Å². The van der Waals surface area contributed by atoms with Crippen molar-refractivity contribution < 1.29 is 18.7 Å². The highest BCUT2D eigenvalue weighted by Gasteiger charge is 2.26. The molecule has 0 aliphatic rings. The maximum atomic E-state index is 12.7. The Morgan fingerprint density at radius 2 is 1.74 bits per heavy atom. The van der Waals surface area contributed by atoms with Crippen molar-refractivity contribution in [3.8, 4) is 0 Å². The molecule has 6 heteroatoms. The average molecular weight is 365 g/mol. The second-order valence-electron chi connectivity index (χ2n) is 5.95. The number of likely N-dealkylation sites (N-methyl/N-ethyl adjacent to an activating group) is 1. The van der Waals surface area contributed by atoms with Gasteiger partial charge in [-0.1, -0.05) is 36.4 Å². The Kier molecular flexibility index (Phi) is 5.35. The number of ether oxygens (including phenoxy) is 1. The molecule has 0 N–H and O–H groups in total. The summed E-state index contributed by atoms with van der Waals surface area (Å²) in [6, 6.07) is 17.4. The molecule has 0 aliphatic carbocycles. The lowest BCUT2D eigenvalue weighted by Crippen LogP contribution is -2.40. The van der Waals surface area contributed by atoms with Crippen LogP contribution in [0, 0.1) is 0 Å². The zero-order valence-corrected chi connectivity index (χ0v) is 15.0. The summed E-state index contributed by atoms with van der Waals surface area (Å²) < 4.78 is 10.4. The number of carbonyl (C=O) groups is 2. The number of para-hydroxylation sites is 2. The molecule has 0 unspecified atom stereocenters. The van der Waals surface area contributed by atoms with Crippen LogP contribution in [-0.4, -0.2) is 24.5 Å². The third kappa shape index (κ3) is 3.89. The SMILES string of the molecule is CCN(C(=O)[C@@H](C)OC(=O)c1cc2ccccc2oc1=O)c1ccccc1. The third-order valence-corrected chi connectivity index (χ3v) is 4.14. The van der Waals surface area contributed by atoms with Crippen LogP contribution in [0.3, 0.4) is 0 Å². The van der Waals surface area contributed by atoms with Crippen molar-refractivity contribution >= 4 is 28.5 Å². The lowest BCUT2D eigenvalue weighted by molar-refractivity contribution is -0.126. The van der Waals surface area contributed by atoms with E-state index < -0.39 is 17.7 Å². The van der Waals surface area contributed by atoms with Gasteiger partial charge >= 0.3 is 11.6 Å². The van der Waals surface area contributed by atoms with Gasteiger partial charge in [-0.15, -0.1) is 0 Å². The van der Waals surface area contributed by atoms with Gasteiger partial charge in [-0.05, 0) is 38.1 Å². The van der Waals surface area contributed by atoms with E-state index in [1.54, 1.807) is 36.4 Å². The molecule has 1 atom stereocenters. The number of carbonyl (C=O) groups excluding carboxylic acids is 2. The number of benzene rings is 2. The van der Waals surface area contributed by atoms with Crippen molar-refractivity contribution in [3.63, 3.8) is 0 Å². The van der Waals surface area contributed by atoms with Crippen LogP contribution < -0.4 is 10.5 Å². The van der Waals surface area contributed by atoms with Gasteiger partial charge in [-0.3, -0.25) is 4.79 Å². The monoisotopic (exact) mass is 365 g/mol. The van der Waals surface area contributed by atoms with Gasteiger partial charge in [-0.25, -0.2) is 9.59 Å². The van der Waals surface area contributed by atoms with Crippen LogP contribution in [0.5, 0.6) is 0 Å². The molecule has 3 aromatic rings. The van der Waals surface area contributed by atoms with Gasteiger partial charge in [0.05, 0.1) is 0 Å². The highest BCUT2D eigenvalue weighted by atomic mass is 16.5. The number of rotatable bonds is 5. The first-order valence-corrected chi connectivity index (χ1v) is 8.61. The average Bonchev–Trinajstić information content (AvgIpc) is 2.68. The number of anilines is 1. The molecule has 0 spiro atoms. The maximum Gasteiger partial charge on any atom is 0.351 e. The summed E-state index contributed by atoms with van der Waals surface area (Å²) in [5.74, 6) is -1.26. The summed E-state index contributed by atoms with van der Waals surface area (Å²) >= 11 is 0. The zero-order valence-electron chi connectivity index (χ0n) is 15.0. The normalized spacial score (nSPS) is 11.8. The van der Waals surface area contributed by atoms with Crippen molar-refractivity contribution in [2.75, 3.05) is 11.4 Å². The molecule has 0 saturated carbocycles. The van der Waals surface area contributed by atoms with E-state index in [2.05, 4.69) is 0 Å². The van der Waals surface area contributed by atoms with E-state index in [9.17, 15) is 14.4 Å². The Hall–Kier alpha value is -3.41. The molecular formula is C21H19NO5. The Labute approximate surface area is 156 Å². The minimum atomic E-state index is -1.05. The molecule has 1 aromatic heterocycles. The number of fused-ring (bicyclic) bond motifs is 1. The molecule has 138 valence electrons. The smallest absolute Gasteiger partial charge is 0.351 e. The van der Waals surface area contributed by atoms with Gasteiger partial charge in [-0.2, -0.15) is 0 Å². The van der Waals surface area contributed by atoms with Crippen LogP contribution in [0.15, 0.2) is 69.9 Å². The lowest BCUT2D eigenvalue weighted by Gasteiger charge is -2.24. The molecule has 1 amide bonds. The molecule has 3 rings (SSSR count). The Bertz CT molecular complexity index is 1030. The predicted molar refractivity (Wildman–Crippen MR) is 102 cm³/mol. The maximum absolute atomic E-state index is 12.7. The molecule has 2 aromatic carbocycles. The number of amides is 1. The van der Waals surface area contributed by atoms with Crippen LogP contribution in [-0.2, 0) is 9.53 Å². The molecule has 1 heterocycles. The zero-order chi connectivity index (χ0) is 19.4. The van der Waals surface area contributed by atoms with Crippen molar-refractivity contribution in [3.05, 3.63) is 76.6 Å². The van der Waals surface area contributed by atoms with Crippen LogP contribution in [0.1, 0.15) is 24.2 Å². The first-order valence-electron chi connectivity index (χ1n) is 8.61. The van der Waals surface area contributed by atoms with Crippen LogP contribution >= 0.6 is 0 Å². The molecular weight excluding hydrogens is 346 g/mol. The van der Waals surface area contributed by atoms with Crippen LogP contribution in [0.25, 0.3) is 11.0 Å². The van der Waals surface area contributed by atoms with Crippen LogP contribution in [0.4, 0.5) is 5.69 Å². The highest BCUT2D eigenvalue weighted by Crippen LogP contribution is 2.17. The van der Waals surface area contributed by atoms with Crippen LogP contribution in [0.2, 0.25) is 0 Å². The summed E-state index contributed by atoms with van der Waals surface area (Å²) in [5.41, 5.74) is 0.0485. The third-order valence-electron chi connectivity index (χ3n) is 4.14. The highest BCUT2D eigenvalue weighted by molar-refractivity contribution is 5.99. The van der Waals surface area contributed by atoms with Gasteiger partial charge in [0.1, 0.15) is 11.1 Å². The molecule has 0 bridgehead atoms. The molecule has 0 saturated heterocycles. The number of nitrogens with zero attached hydrogens (tertiary/aromatic N) is 1. The fourth-order valence-electron chi connectivity index (χ4n) is 2.77. The van der Waals surface area contributed by atoms with Crippen molar-refractivity contribution in [2.24, 2.45) is 0 Å². The minimum absolute atomic E-state index is 0.240. The summed E-state index contributed by atoms with van der Waals surface area (Å²) in [5, 5.41) is 0.600. The predicted octanol–water partition coefficient (Wildman–Crippen LogP) is 3.39. The standard InChI is InChI=1S/C21H19NO5/c1-3-22(16-10-5-4-6-11-16)19(23)14(2)26-20(24)17-13-15-9-7-8-12-18(15)27-21(17)25/h4-14H,3H2,1-2H3/t14-/m1/s1. The number of hydrogen-bond acceptors (Lipinski definition) is 5. The van der Waals surface area contributed by atoms with Gasteiger partial charge < -0.3 is 14.1 Å². The summed E-state index contributed by atoms with van der Waals surface area (Å²) in [7, 11) is 0. The molecule has 27 heavy (non-hydrogen) atoms. The van der Waals surface area contributed by atoms with E-state index in [1.807, 2.05) is 25.1 Å². The van der Waals surface area contributed by atoms with Gasteiger partial charge in [0.2, 0.25) is 0 Å². The van der Waals surface area contributed by atoms with Gasteiger partial charge in [0.15, 0.2) is 6.10 Å². The molecule has 0 aliphatic heterocycles. The second kappa shape index (κ2) is 7.86. The van der Waals surface area contributed by atoms with Gasteiger partial charge in [0.25, 0.3) is 5.91 Å². The van der Waals surface area contributed by atoms with Gasteiger partial charge in [0, 0.05) is 17.6 Å². The van der Waals surface area contributed by atoms with E-state index in [0.29, 0.717) is 23.2 Å². The minimum Gasteiger partial charge on any atom is -0.449 e. The van der Waals surface area contributed by atoms with E-state index in [1.165, 1.54) is 17.9 Å². The first-order chi connectivity index (χ1) is 13.0. The number of esters is 1. The van der Waals surface area contributed by atoms with E-state index in [0.717, 1.165) is 0 Å². The summed E-state index contributed by atoms with van der Waals surface area (Å²) in [6.45, 7) is 3.73. The Morgan fingerprint density at radius 3 is 2.44 bits per heavy atom. The Morgan fingerprint density at radius 1 is 1.07 bits per heavy atom. The summed E-state index contributed by atoms with van der Waals surface area (Å²) in [6.07, 6.45) is -1.05. The molecule has 0 fully saturated rings. The molecule has 6 nitrogen and oxygen atoms in total.